The number of halogens is 1. The van der Waals surface area contributed by atoms with Crippen LogP contribution in [0.3, 0.4) is 0 Å². The number of carbonyl (C=O) groups is 1. The third-order valence-corrected chi connectivity index (χ3v) is 3.54. The van der Waals surface area contributed by atoms with Crippen LogP contribution in [0.4, 0.5) is 0 Å². The van der Waals surface area contributed by atoms with Gasteiger partial charge >= 0.3 is 5.97 Å². The number of aromatic nitrogens is 1. The molecule has 0 aromatic carbocycles. The number of methoxy groups -OCH3 is 1. The second-order valence-electron chi connectivity index (χ2n) is 3.41. The summed E-state index contributed by atoms with van der Waals surface area (Å²) in [4.78, 5) is 11.6. The van der Waals surface area contributed by atoms with E-state index in [1.807, 2.05) is 0 Å². The molecule has 0 fully saturated rings. The van der Waals surface area contributed by atoms with Crippen molar-refractivity contribution in [1.82, 2.24) is 4.57 Å². The van der Waals surface area contributed by atoms with Crippen LogP contribution in [0.5, 0.6) is 0 Å². The van der Waals surface area contributed by atoms with Gasteiger partial charge in [-0.15, -0.1) is 0 Å². The Labute approximate surface area is 110 Å². The van der Waals surface area contributed by atoms with E-state index in [-0.39, 0.29) is 23.8 Å². The molecule has 0 amide bonds. The number of ether oxygens (including phenoxy) is 2. The van der Waals surface area contributed by atoms with Gasteiger partial charge in [-0.25, -0.2) is 13.2 Å². The van der Waals surface area contributed by atoms with Gasteiger partial charge in [-0.1, -0.05) is 0 Å². The topological polar surface area (TPSA) is 74.6 Å². The fourth-order valence-electron chi connectivity index (χ4n) is 1.34. The summed E-state index contributed by atoms with van der Waals surface area (Å²) in [6.45, 7) is 2.59. The standard InChI is InChI=1S/C10H14ClNO5S/c1-3-12-7-8(18(11,14)15)6-9(12)10(13)17-5-4-16-2/h6-7H,3-5H2,1-2H3. The summed E-state index contributed by atoms with van der Waals surface area (Å²) in [6.07, 6.45) is 1.30. The largest absolute Gasteiger partial charge is 0.459 e. The van der Waals surface area contributed by atoms with Crippen molar-refractivity contribution >= 4 is 25.7 Å². The predicted molar refractivity (Wildman–Crippen MR) is 65.3 cm³/mol. The summed E-state index contributed by atoms with van der Waals surface area (Å²) in [5.74, 6) is -0.611. The number of aryl methyl sites for hydroxylation is 1. The van der Waals surface area contributed by atoms with Crippen LogP contribution in [0.25, 0.3) is 0 Å². The second-order valence-corrected chi connectivity index (χ2v) is 5.98. The van der Waals surface area contributed by atoms with E-state index in [9.17, 15) is 13.2 Å². The summed E-state index contributed by atoms with van der Waals surface area (Å²) < 4.78 is 33.5. The molecule has 0 aliphatic carbocycles. The Morgan fingerprint density at radius 2 is 2.11 bits per heavy atom. The van der Waals surface area contributed by atoms with Gasteiger partial charge in [0, 0.05) is 30.5 Å². The minimum atomic E-state index is -3.85. The van der Waals surface area contributed by atoms with Crippen LogP contribution in [-0.2, 0) is 25.1 Å². The van der Waals surface area contributed by atoms with Crippen molar-refractivity contribution in [2.45, 2.75) is 18.4 Å². The number of esters is 1. The van der Waals surface area contributed by atoms with Crippen molar-refractivity contribution in [2.24, 2.45) is 0 Å². The first-order valence-corrected chi connectivity index (χ1v) is 7.52. The van der Waals surface area contributed by atoms with Crippen molar-refractivity contribution in [3.8, 4) is 0 Å². The Bertz CT molecular complexity index is 522. The van der Waals surface area contributed by atoms with E-state index in [0.29, 0.717) is 6.54 Å². The first kappa shape index (κ1) is 15.0. The van der Waals surface area contributed by atoms with E-state index in [2.05, 4.69) is 0 Å². The van der Waals surface area contributed by atoms with Crippen LogP contribution in [0, 0.1) is 0 Å². The maximum Gasteiger partial charge on any atom is 0.355 e. The maximum atomic E-state index is 11.7. The molecular formula is C10H14ClNO5S. The summed E-state index contributed by atoms with van der Waals surface area (Å²) in [6, 6.07) is 1.20. The van der Waals surface area contributed by atoms with Crippen molar-refractivity contribution in [3.05, 3.63) is 18.0 Å². The van der Waals surface area contributed by atoms with Crippen molar-refractivity contribution in [1.29, 1.82) is 0 Å². The van der Waals surface area contributed by atoms with Crippen molar-refractivity contribution in [3.63, 3.8) is 0 Å². The van der Waals surface area contributed by atoms with E-state index in [1.165, 1.54) is 23.9 Å². The van der Waals surface area contributed by atoms with E-state index in [0.717, 1.165) is 0 Å². The Balaban J connectivity index is 2.94. The van der Waals surface area contributed by atoms with E-state index in [1.54, 1.807) is 6.92 Å². The highest BCUT2D eigenvalue weighted by molar-refractivity contribution is 8.13. The predicted octanol–water partition coefficient (Wildman–Crippen LogP) is 1.24. The Kier molecular flexibility index (Phi) is 5.18. The molecule has 0 unspecified atom stereocenters. The molecule has 0 N–H and O–H groups in total. The molecule has 1 heterocycles. The fraction of sp³-hybridized carbons (Fsp3) is 0.500. The zero-order valence-electron chi connectivity index (χ0n) is 10.1. The molecular weight excluding hydrogens is 282 g/mol. The van der Waals surface area contributed by atoms with Gasteiger partial charge in [-0.3, -0.25) is 0 Å². The molecule has 0 atom stereocenters. The maximum absolute atomic E-state index is 11.7. The highest BCUT2D eigenvalue weighted by atomic mass is 35.7. The lowest BCUT2D eigenvalue weighted by atomic mass is 10.4. The molecule has 0 spiro atoms. The number of rotatable bonds is 6. The number of carbonyl (C=O) groups excluding carboxylic acids is 1. The average molecular weight is 296 g/mol. The van der Waals surface area contributed by atoms with Crippen LogP contribution in [-0.4, -0.2) is 39.3 Å². The van der Waals surface area contributed by atoms with Gasteiger partial charge in [0.2, 0.25) is 0 Å². The highest BCUT2D eigenvalue weighted by Crippen LogP contribution is 2.19. The molecule has 0 saturated heterocycles. The molecule has 0 aliphatic heterocycles. The highest BCUT2D eigenvalue weighted by Gasteiger charge is 2.20. The first-order valence-electron chi connectivity index (χ1n) is 5.21. The molecule has 1 aromatic heterocycles. The van der Waals surface area contributed by atoms with Gasteiger partial charge < -0.3 is 14.0 Å². The van der Waals surface area contributed by atoms with Gasteiger partial charge in [-0.05, 0) is 13.0 Å². The van der Waals surface area contributed by atoms with E-state index < -0.39 is 15.0 Å². The van der Waals surface area contributed by atoms with Crippen LogP contribution >= 0.6 is 10.7 Å². The summed E-state index contributed by atoms with van der Waals surface area (Å²) >= 11 is 0. The Morgan fingerprint density at radius 3 is 2.61 bits per heavy atom. The fourth-order valence-corrected chi connectivity index (χ4v) is 2.10. The Hall–Kier alpha value is -1.05. The minimum Gasteiger partial charge on any atom is -0.459 e. The molecule has 0 bridgehead atoms. The van der Waals surface area contributed by atoms with Crippen LogP contribution in [0.15, 0.2) is 17.2 Å². The van der Waals surface area contributed by atoms with Gasteiger partial charge in [-0.2, -0.15) is 0 Å². The molecule has 0 radical (unpaired) electrons. The number of nitrogens with zero attached hydrogens (tertiary/aromatic N) is 1. The molecule has 8 heteroatoms. The van der Waals surface area contributed by atoms with E-state index >= 15 is 0 Å². The molecule has 1 rings (SSSR count). The zero-order chi connectivity index (χ0) is 13.8. The summed E-state index contributed by atoms with van der Waals surface area (Å²) in [5, 5.41) is 0. The quantitative estimate of drug-likeness (QED) is 0.448. The van der Waals surface area contributed by atoms with Crippen LogP contribution < -0.4 is 0 Å². The van der Waals surface area contributed by atoms with Gasteiger partial charge in [0.05, 0.1) is 6.61 Å². The smallest absolute Gasteiger partial charge is 0.355 e. The lowest BCUT2D eigenvalue weighted by Crippen LogP contribution is -2.13. The lowest BCUT2D eigenvalue weighted by Gasteiger charge is -2.06. The number of hydrogen-bond acceptors (Lipinski definition) is 5. The van der Waals surface area contributed by atoms with Gasteiger partial charge in [0.1, 0.15) is 17.2 Å². The monoisotopic (exact) mass is 295 g/mol. The Morgan fingerprint density at radius 1 is 1.44 bits per heavy atom. The molecule has 18 heavy (non-hydrogen) atoms. The first-order chi connectivity index (χ1) is 8.40. The summed E-state index contributed by atoms with van der Waals surface area (Å²) in [7, 11) is 2.85. The third-order valence-electron chi connectivity index (χ3n) is 2.22. The molecule has 1 aromatic rings. The van der Waals surface area contributed by atoms with E-state index in [4.69, 9.17) is 20.2 Å². The average Bonchev–Trinajstić information content (AvgIpc) is 2.72. The van der Waals surface area contributed by atoms with Crippen LogP contribution in [0.1, 0.15) is 17.4 Å². The molecule has 0 aliphatic rings. The van der Waals surface area contributed by atoms with Crippen molar-refractivity contribution in [2.75, 3.05) is 20.3 Å². The van der Waals surface area contributed by atoms with Gasteiger partial charge in [0.25, 0.3) is 9.05 Å². The van der Waals surface area contributed by atoms with Crippen molar-refractivity contribution < 1.29 is 22.7 Å². The molecule has 6 nitrogen and oxygen atoms in total. The van der Waals surface area contributed by atoms with Crippen LogP contribution in [0.2, 0.25) is 0 Å². The SMILES string of the molecule is CCn1cc(S(=O)(=O)Cl)cc1C(=O)OCCOC. The molecule has 0 saturated carbocycles. The number of hydrogen-bond donors (Lipinski definition) is 0. The normalized spacial score (nSPS) is 11.5. The lowest BCUT2D eigenvalue weighted by molar-refractivity contribution is 0.0376. The third kappa shape index (κ3) is 3.72. The van der Waals surface area contributed by atoms with Gasteiger partial charge in [0.15, 0.2) is 0 Å². The molecule has 102 valence electrons. The zero-order valence-corrected chi connectivity index (χ0v) is 11.6. The minimum absolute atomic E-state index is 0.104. The summed E-state index contributed by atoms with van der Waals surface area (Å²) in [5.41, 5.74) is 0.146. The second kappa shape index (κ2) is 6.21.